The van der Waals surface area contributed by atoms with Crippen molar-refractivity contribution in [2.45, 2.75) is 31.0 Å². The Hall–Kier alpha value is -1.06. The molecule has 3 atom stereocenters. The largest absolute Gasteiger partial charge is 0.480 e. The van der Waals surface area contributed by atoms with Crippen molar-refractivity contribution in [2.75, 3.05) is 11.5 Å². The van der Waals surface area contributed by atoms with Crippen molar-refractivity contribution in [3.63, 3.8) is 0 Å². The summed E-state index contributed by atoms with van der Waals surface area (Å²) < 4.78 is 0. The van der Waals surface area contributed by atoms with Crippen LogP contribution in [0.4, 0.5) is 0 Å². The maximum absolute atomic E-state index is 11.7. The average Bonchev–Trinajstić information content (AvgIpc) is 2.48. The monoisotopic (exact) mass is 433 g/mol. The molecule has 0 aliphatic heterocycles. The SMILES string of the molecule is NC(CSS(=S)(=S)C[C@H](NC(=O)CC[C@H](N)C(=O)O)C(=O)O)C(=O)O. The zero-order valence-electron chi connectivity index (χ0n) is 12.8. The van der Waals surface area contributed by atoms with Gasteiger partial charge in [-0.05, 0) is 35.0 Å². The molecule has 0 radical (unpaired) electrons. The summed E-state index contributed by atoms with van der Waals surface area (Å²) >= 11 is 10.3. The van der Waals surface area contributed by atoms with Crippen LogP contribution in [-0.2, 0) is 47.7 Å². The maximum Gasteiger partial charge on any atom is 0.327 e. The number of nitrogens with one attached hydrogen (secondary N) is 1. The number of aliphatic carboxylic acids is 3. The fourth-order valence-corrected chi connectivity index (χ4v) is 6.15. The van der Waals surface area contributed by atoms with Crippen LogP contribution in [0.25, 0.3) is 0 Å². The number of hydrogen-bond acceptors (Lipinski definition) is 9. The van der Waals surface area contributed by atoms with Crippen LogP contribution in [-0.4, -0.2) is 68.8 Å². The molecule has 0 aromatic rings. The van der Waals surface area contributed by atoms with Gasteiger partial charge in [0.15, 0.2) is 0 Å². The van der Waals surface area contributed by atoms with Crippen LogP contribution in [0.2, 0.25) is 0 Å². The molecule has 0 saturated heterocycles. The molecule has 10 nitrogen and oxygen atoms in total. The van der Waals surface area contributed by atoms with Crippen LogP contribution in [0, 0.1) is 0 Å². The standard InChI is InChI=1S/C11H19N3O7S4/c12-5(9(16)17)1-2-8(15)14-7(11(20)21)4-25(22,23)24-3-6(13)10(18)19/h5-7H,1-4,12-13H2,(H,14,15)(H,16,17)(H,18,19)(H,20,21)/t5-,6?,7-/m0/s1. The molecule has 0 aromatic heterocycles. The number of hydrogen-bond donors (Lipinski definition) is 6. The van der Waals surface area contributed by atoms with E-state index < -0.39 is 48.1 Å². The Bertz CT molecular complexity index is 625. The first-order valence-corrected chi connectivity index (χ1v) is 11.9. The topological polar surface area (TPSA) is 193 Å². The quantitative estimate of drug-likeness (QED) is 0.184. The second-order valence-corrected chi connectivity index (χ2v) is 14.6. The van der Waals surface area contributed by atoms with Crippen molar-refractivity contribution in [3.8, 4) is 0 Å². The predicted molar refractivity (Wildman–Crippen MR) is 99.4 cm³/mol. The predicted octanol–water partition coefficient (Wildman–Crippen LogP) is -2.11. The van der Waals surface area contributed by atoms with Gasteiger partial charge in [-0.25, -0.2) is 4.79 Å². The molecule has 1 amide bonds. The zero-order valence-corrected chi connectivity index (χ0v) is 16.1. The van der Waals surface area contributed by atoms with Crippen molar-refractivity contribution in [1.29, 1.82) is 0 Å². The molecule has 0 saturated carbocycles. The van der Waals surface area contributed by atoms with E-state index in [2.05, 4.69) is 5.32 Å². The lowest BCUT2D eigenvalue weighted by molar-refractivity contribution is -0.141. The highest BCUT2D eigenvalue weighted by molar-refractivity contribution is 8.98. The molecule has 14 heteroatoms. The van der Waals surface area contributed by atoms with E-state index in [4.69, 9.17) is 44.1 Å². The molecule has 0 aliphatic rings. The Labute approximate surface area is 156 Å². The van der Waals surface area contributed by atoms with Gasteiger partial charge < -0.3 is 32.1 Å². The van der Waals surface area contributed by atoms with Crippen LogP contribution in [0.1, 0.15) is 12.8 Å². The van der Waals surface area contributed by atoms with Crippen molar-refractivity contribution in [2.24, 2.45) is 11.5 Å². The first-order chi connectivity index (χ1) is 11.4. The fraction of sp³-hybridized carbons (Fsp3) is 0.636. The molecule has 0 rings (SSSR count). The van der Waals surface area contributed by atoms with Crippen LogP contribution in [0.15, 0.2) is 0 Å². The summed E-state index contributed by atoms with van der Waals surface area (Å²) in [6, 6.07) is -3.78. The minimum atomic E-state index is -2.42. The fourth-order valence-electron chi connectivity index (χ4n) is 1.35. The van der Waals surface area contributed by atoms with Crippen LogP contribution >= 0.6 is 10.8 Å². The highest BCUT2D eigenvalue weighted by atomic mass is 33.5. The van der Waals surface area contributed by atoms with Crippen LogP contribution in [0.3, 0.4) is 0 Å². The molecule has 0 bridgehead atoms. The van der Waals surface area contributed by atoms with E-state index in [1.807, 2.05) is 0 Å². The number of carboxylic acid groups (broad SMARTS) is 3. The van der Waals surface area contributed by atoms with Gasteiger partial charge in [-0.15, -0.1) is 0 Å². The minimum absolute atomic E-state index is 0.0780. The van der Waals surface area contributed by atoms with Crippen LogP contribution in [0.5, 0.6) is 0 Å². The normalized spacial score (nSPS) is 15.0. The van der Waals surface area contributed by atoms with Gasteiger partial charge in [0.1, 0.15) is 18.1 Å². The van der Waals surface area contributed by atoms with Crippen LogP contribution < -0.4 is 16.8 Å². The maximum atomic E-state index is 11.7. The van der Waals surface area contributed by atoms with Gasteiger partial charge >= 0.3 is 17.9 Å². The van der Waals surface area contributed by atoms with E-state index in [1.165, 1.54) is 0 Å². The van der Waals surface area contributed by atoms with E-state index in [0.29, 0.717) is 0 Å². The molecular weight excluding hydrogens is 414 g/mol. The number of amides is 1. The zero-order chi connectivity index (χ0) is 19.8. The summed E-state index contributed by atoms with van der Waals surface area (Å²) in [4.78, 5) is 44.2. The number of carbonyl (C=O) groups is 4. The second kappa shape index (κ2) is 10.8. The Morgan fingerprint density at radius 2 is 1.52 bits per heavy atom. The molecule has 8 N–H and O–H groups in total. The van der Waals surface area contributed by atoms with Crippen molar-refractivity contribution < 1.29 is 34.5 Å². The van der Waals surface area contributed by atoms with Gasteiger partial charge in [-0.1, -0.05) is 10.8 Å². The number of nitrogens with two attached hydrogens (primary N) is 2. The highest BCUT2D eigenvalue weighted by Crippen LogP contribution is 2.17. The van der Waals surface area contributed by atoms with E-state index in [9.17, 15) is 24.3 Å². The van der Waals surface area contributed by atoms with Crippen molar-refractivity contribution in [1.82, 2.24) is 5.32 Å². The van der Waals surface area contributed by atoms with Crippen molar-refractivity contribution in [3.05, 3.63) is 0 Å². The molecule has 144 valence electrons. The lowest BCUT2D eigenvalue weighted by atomic mass is 10.1. The molecule has 0 spiro atoms. The summed E-state index contributed by atoms with van der Waals surface area (Å²) in [5.74, 6) is -4.88. The first-order valence-electron chi connectivity index (χ1n) is 6.71. The van der Waals surface area contributed by atoms with Gasteiger partial charge in [0.2, 0.25) is 5.91 Å². The third-order valence-electron chi connectivity index (χ3n) is 2.75. The summed E-state index contributed by atoms with van der Waals surface area (Å²) in [6.45, 7) is 0. The van der Waals surface area contributed by atoms with E-state index in [-0.39, 0.29) is 24.3 Å². The number of carbonyl (C=O) groups excluding carboxylic acids is 1. The summed E-state index contributed by atoms with van der Waals surface area (Å²) in [7, 11) is 0.905. The smallest absolute Gasteiger partial charge is 0.327 e. The highest BCUT2D eigenvalue weighted by Gasteiger charge is 2.25. The Morgan fingerprint density at radius 1 is 1.00 bits per heavy atom. The van der Waals surface area contributed by atoms with E-state index in [0.717, 1.165) is 10.8 Å². The summed E-state index contributed by atoms with van der Waals surface area (Å²) in [6.07, 6.45) is -2.85. The second-order valence-electron chi connectivity index (χ2n) is 4.90. The number of rotatable bonds is 12. The molecule has 0 heterocycles. The van der Waals surface area contributed by atoms with E-state index >= 15 is 0 Å². The van der Waals surface area contributed by atoms with Gasteiger partial charge in [-0.2, -0.15) is 0 Å². The average molecular weight is 434 g/mol. The Kier molecular flexibility index (Phi) is 10.4. The molecule has 0 aliphatic carbocycles. The molecule has 1 unspecified atom stereocenters. The van der Waals surface area contributed by atoms with Gasteiger partial charge in [0, 0.05) is 17.9 Å². The van der Waals surface area contributed by atoms with E-state index in [1.54, 1.807) is 0 Å². The molecule has 0 aromatic carbocycles. The van der Waals surface area contributed by atoms with Gasteiger partial charge in [-0.3, -0.25) is 14.4 Å². The van der Waals surface area contributed by atoms with Crippen molar-refractivity contribution >= 4 is 63.2 Å². The molecular formula is C11H19N3O7S4. The minimum Gasteiger partial charge on any atom is -0.480 e. The number of carboxylic acids is 3. The third-order valence-corrected chi connectivity index (χ3v) is 8.79. The first kappa shape index (κ1) is 23.9. The molecule has 0 fully saturated rings. The Balaban J connectivity index is 4.69. The lowest BCUT2D eigenvalue weighted by Gasteiger charge is -2.18. The third kappa shape index (κ3) is 10.5. The summed E-state index contributed by atoms with van der Waals surface area (Å²) in [5, 5.41) is 28.7. The Morgan fingerprint density at radius 3 is 1.96 bits per heavy atom. The van der Waals surface area contributed by atoms with Gasteiger partial charge in [0.25, 0.3) is 0 Å². The summed E-state index contributed by atoms with van der Waals surface area (Å²) in [5.41, 5.74) is 10.6. The molecule has 25 heavy (non-hydrogen) atoms. The lowest BCUT2D eigenvalue weighted by Crippen LogP contribution is -2.45. The van der Waals surface area contributed by atoms with Gasteiger partial charge in [0.05, 0.1) is 0 Å².